The van der Waals surface area contributed by atoms with Crippen molar-refractivity contribution in [3.63, 3.8) is 0 Å². The number of nitrogens with one attached hydrogen (secondary N) is 1. The highest BCUT2D eigenvalue weighted by molar-refractivity contribution is 5.57. The van der Waals surface area contributed by atoms with E-state index in [4.69, 9.17) is 15.7 Å². The standard InChI is InChI=1S/C15H20FN3O/c16-12-1-6-15(11(9-12)10-17)19-7-8-20-14-4-2-13(18)3-5-14/h1,6,9,13-14,19H,2-5,7-8,18H2. The number of hydrogen-bond acceptors (Lipinski definition) is 4. The summed E-state index contributed by atoms with van der Waals surface area (Å²) in [5.41, 5.74) is 6.80. The summed E-state index contributed by atoms with van der Waals surface area (Å²) in [5.74, 6) is -0.401. The molecule has 3 N–H and O–H groups in total. The van der Waals surface area contributed by atoms with E-state index >= 15 is 0 Å². The van der Waals surface area contributed by atoms with Crippen LogP contribution in [0, 0.1) is 17.1 Å². The van der Waals surface area contributed by atoms with E-state index in [1.54, 1.807) is 6.07 Å². The lowest BCUT2D eigenvalue weighted by Crippen LogP contribution is -2.31. The third-order valence-electron chi connectivity index (χ3n) is 3.59. The molecule has 1 saturated carbocycles. The van der Waals surface area contributed by atoms with Crippen LogP contribution in [0.1, 0.15) is 31.2 Å². The van der Waals surface area contributed by atoms with Crippen molar-refractivity contribution in [1.29, 1.82) is 5.26 Å². The van der Waals surface area contributed by atoms with Crippen LogP contribution in [-0.2, 0) is 4.74 Å². The van der Waals surface area contributed by atoms with Crippen molar-refractivity contribution in [3.05, 3.63) is 29.6 Å². The molecule has 0 saturated heterocycles. The van der Waals surface area contributed by atoms with Crippen molar-refractivity contribution in [2.45, 2.75) is 37.8 Å². The maximum absolute atomic E-state index is 13.0. The first-order valence-electron chi connectivity index (χ1n) is 6.99. The van der Waals surface area contributed by atoms with Crippen molar-refractivity contribution in [2.75, 3.05) is 18.5 Å². The molecule has 0 radical (unpaired) electrons. The Balaban J connectivity index is 1.72. The normalized spacial score (nSPS) is 22.2. The Bertz CT molecular complexity index is 478. The molecule has 0 aliphatic heterocycles. The molecule has 108 valence electrons. The molecule has 0 spiro atoms. The predicted molar refractivity (Wildman–Crippen MR) is 75.8 cm³/mol. The zero-order chi connectivity index (χ0) is 14.4. The lowest BCUT2D eigenvalue weighted by Gasteiger charge is -2.26. The Morgan fingerprint density at radius 3 is 2.80 bits per heavy atom. The Hall–Kier alpha value is -1.64. The van der Waals surface area contributed by atoms with Gasteiger partial charge in [-0.25, -0.2) is 4.39 Å². The minimum Gasteiger partial charge on any atom is -0.382 e. The lowest BCUT2D eigenvalue weighted by atomic mass is 9.94. The second kappa shape index (κ2) is 7.22. The molecule has 4 nitrogen and oxygen atoms in total. The first-order valence-corrected chi connectivity index (χ1v) is 6.99. The number of hydrogen-bond donors (Lipinski definition) is 2. The van der Waals surface area contributed by atoms with Crippen molar-refractivity contribution in [1.82, 2.24) is 0 Å². The number of halogens is 1. The summed E-state index contributed by atoms with van der Waals surface area (Å²) in [6.45, 7) is 1.17. The van der Waals surface area contributed by atoms with Crippen LogP contribution in [0.15, 0.2) is 18.2 Å². The number of nitrogens with zero attached hydrogens (tertiary/aromatic N) is 1. The third-order valence-corrected chi connectivity index (χ3v) is 3.59. The first-order chi connectivity index (χ1) is 9.69. The summed E-state index contributed by atoms with van der Waals surface area (Å²) in [4.78, 5) is 0. The second-order valence-electron chi connectivity index (χ2n) is 5.14. The highest BCUT2D eigenvalue weighted by Gasteiger charge is 2.18. The van der Waals surface area contributed by atoms with E-state index in [1.165, 1.54) is 12.1 Å². The van der Waals surface area contributed by atoms with Crippen LogP contribution in [0.4, 0.5) is 10.1 Å². The summed E-state index contributed by atoms with van der Waals surface area (Å²) in [6.07, 6.45) is 4.37. The fourth-order valence-electron chi connectivity index (χ4n) is 2.43. The topological polar surface area (TPSA) is 71.1 Å². The van der Waals surface area contributed by atoms with E-state index in [0.717, 1.165) is 25.7 Å². The van der Waals surface area contributed by atoms with Gasteiger partial charge in [-0.1, -0.05) is 0 Å². The maximum Gasteiger partial charge on any atom is 0.124 e. The minimum atomic E-state index is -0.401. The van der Waals surface area contributed by atoms with Crippen LogP contribution in [0.2, 0.25) is 0 Å². The van der Waals surface area contributed by atoms with E-state index in [9.17, 15) is 4.39 Å². The minimum absolute atomic E-state index is 0.292. The average Bonchev–Trinajstić information content (AvgIpc) is 2.46. The summed E-state index contributed by atoms with van der Waals surface area (Å²) >= 11 is 0. The molecule has 0 atom stereocenters. The van der Waals surface area contributed by atoms with Crippen molar-refractivity contribution >= 4 is 5.69 Å². The van der Waals surface area contributed by atoms with Gasteiger partial charge in [-0.05, 0) is 43.9 Å². The monoisotopic (exact) mass is 277 g/mol. The molecular formula is C15H20FN3O. The highest BCUT2D eigenvalue weighted by atomic mass is 19.1. The molecule has 1 fully saturated rings. The van der Waals surface area contributed by atoms with E-state index in [0.29, 0.717) is 36.5 Å². The SMILES string of the molecule is N#Cc1cc(F)ccc1NCCOC1CCC(N)CC1. The maximum atomic E-state index is 13.0. The molecule has 0 aromatic heterocycles. The lowest BCUT2D eigenvalue weighted by molar-refractivity contribution is 0.0313. The molecule has 5 heteroatoms. The Labute approximate surface area is 118 Å². The van der Waals surface area contributed by atoms with E-state index in [1.807, 2.05) is 6.07 Å². The number of benzene rings is 1. The third kappa shape index (κ3) is 4.19. The van der Waals surface area contributed by atoms with Gasteiger partial charge in [-0.15, -0.1) is 0 Å². The number of nitrogens with two attached hydrogens (primary N) is 1. The van der Waals surface area contributed by atoms with Crippen LogP contribution in [0.5, 0.6) is 0 Å². The predicted octanol–water partition coefficient (Wildman–Crippen LogP) is 2.40. The van der Waals surface area contributed by atoms with Crippen LogP contribution >= 0.6 is 0 Å². The molecular weight excluding hydrogens is 257 g/mol. The summed E-state index contributed by atoms with van der Waals surface area (Å²) in [7, 11) is 0. The van der Waals surface area contributed by atoms with Gasteiger partial charge in [-0.3, -0.25) is 0 Å². The van der Waals surface area contributed by atoms with Gasteiger partial charge in [0.05, 0.1) is 24.0 Å². The molecule has 2 rings (SSSR count). The summed E-state index contributed by atoms with van der Waals surface area (Å²) < 4.78 is 18.8. The van der Waals surface area contributed by atoms with Crippen LogP contribution in [0.25, 0.3) is 0 Å². The Morgan fingerprint density at radius 1 is 1.35 bits per heavy atom. The van der Waals surface area contributed by atoms with Crippen molar-refractivity contribution in [2.24, 2.45) is 5.73 Å². The van der Waals surface area contributed by atoms with Gasteiger partial charge < -0.3 is 15.8 Å². The van der Waals surface area contributed by atoms with Crippen LogP contribution in [-0.4, -0.2) is 25.3 Å². The van der Waals surface area contributed by atoms with Crippen molar-refractivity contribution in [3.8, 4) is 6.07 Å². The molecule has 0 heterocycles. The quantitative estimate of drug-likeness (QED) is 0.811. The van der Waals surface area contributed by atoms with E-state index in [2.05, 4.69) is 5.32 Å². The fraction of sp³-hybridized carbons (Fsp3) is 0.533. The second-order valence-corrected chi connectivity index (χ2v) is 5.14. The summed E-state index contributed by atoms with van der Waals surface area (Å²) in [6, 6.07) is 6.44. The van der Waals surface area contributed by atoms with Crippen molar-refractivity contribution < 1.29 is 9.13 Å². The molecule has 0 bridgehead atoms. The van der Waals surface area contributed by atoms with Gasteiger partial charge in [0, 0.05) is 12.6 Å². The largest absolute Gasteiger partial charge is 0.382 e. The van der Waals surface area contributed by atoms with Gasteiger partial charge in [-0.2, -0.15) is 5.26 Å². The Morgan fingerprint density at radius 2 is 2.10 bits per heavy atom. The fourth-order valence-corrected chi connectivity index (χ4v) is 2.43. The zero-order valence-electron chi connectivity index (χ0n) is 11.4. The average molecular weight is 277 g/mol. The molecule has 1 aliphatic carbocycles. The molecule has 1 aromatic rings. The van der Waals surface area contributed by atoms with Gasteiger partial charge in [0.1, 0.15) is 11.9 Å². The molecule has 0 amide bonds. The number of ether oxygens (including phenoxy) is 1. The highest BCUT2D eigenvalue weighted by Crippen LogP contribution is 2.20. The smallest absolute Gasteiger partial charge is 0.124 e. The van der Waals surface area contributed by atoms with Crippen LogP contribution in [0.3, 0.4) is 0 Å². The van der Waals surface area contributed by atoms with E-state index < -0.39 is 5.82 Å². The molecule has 1 aromatic carbocycles. The molecule has 1 aliphatic rings. The van der Waals surface area contributed by atoms with Gasteiger partial charge in [0.15, 0.2) is 0 Å². The molecule has 20 heavy (non-hydrogen) atoms. The van der Waals surface area contributed by atoms with Gasteiger partial charge >= 0.3 is 0 Å². The molecule has 0 unspecified atom stereocenters. The van der Waals surface area contributed by atoms with Crippen LogP contribution < -0.4 is 11.1 Å². The Kier molecular flexibility index (Phi) is 5.33. The van der Waals surface area contributed by atoms with Gasteiger partial charge in [0.2, 0.25) is 0 Å². The zero-order valence-corrected chi connectivity index (χ0v) is 11.4. The number of anilines is 1. The van der Waals surface area contributed by atoms with E-state index in [-0.39, 0.29) is 0 Å². The first kappa shape index (κ1) is 14.8. The summed E-state index contributed by atoms with van der Waals surface area (Å²) in [5, 5.41) is 12.0. The number of nitriles is 1. The van der Waals surface area contributed by atoms with Gasteiger partial charge in [0.25, 0.3) is 0 Å². The number of rotatable bonds is 5.